The molecule has 0 N–H and O–H groups in total. The number of halogens is 1. The van der Waals surface area contributed by atoms with Crippen LogP contribution in [0.2, 0.25) is 0 Å². The number of benzene rings is 1. The lowest BCUT2D eigenvalue weighted by atomic mass is 10.2. The number of fused-ring (bicyclic) bond motifs is 1. The number of hydrogen-bond acceptors (Lipinski definition) is 3. The van der Waals surface area contributed by atoms with Crippen LogP contribution in [-0.4, -0.2) is 20.2 Å². The van der Waals surface area contributed by atoms with Crippen LogP contribution >= 0.6 is 0 Å². The molecule has 1 aromatic carbocycles. The van der Waals surface area contributed by atoms with Gasteiger partial charge in [-0.15, -0.1) is 0 Å². The first-order valence-electron chi connectivity index (χ1n) is 5.70. The monoisotopic (exact) mass is 268 g/mol. The SMILES string of the molecule is CCC(C#N)S(=O)(=O)N1CCc2ccc(F)cc21. The number of nitrogens with zero attached hydrogens (tertiary/aromatic N) is 2. The summed E-state index contributed by atoms with van der Waals surface area (Å²) in [5, 5.41) is 7.82. The average molecular weight is 268 g/mol. The molecule has 0 fully saturated rings. The van der Waals surface area contributed by atoms with Gasteiger partial charge in [0.2, 0.25) is 0 Å². The van der Waals surface area contributed by atoms with Gasteiger partial charge in [0.25, 0.3) is 10.0 Å². The Bertz CT molecular complexity index is 607. The third kappa shape index (κ3) is 1.95. The van der Waals surface area contributed by atoms with Gasteiger partial charge in [0.1, 0.15) is 5.82 Å². The predicted molar refractivity (Wildman–Crippen MR) is 66.1 cm³/mol. The first kappa shape index (κ1) is 12.8. The number of nitriles is 1. The Kier molecular flexibility index (Phi) is 3.26. The maximum atomic E-state index is 13.2. The van der Waals surface area contributed by atoms with Crippen LogP contribution in [-0.2, 0) is 16.4 Å². The second kappa shape index (κ2) is 4.58. The molecule has 0 spiro atoms. The van der Waals surface area contributed by atoms with Crippen molar-refractivity contribution in [3.8, 4) is 6.07 Å². The smallest absolute Gasteiger partial charge is 0.251 e. The van der Waals surface area contributed by atoms with Crippen molar-refractivity contribution in [2.75, 3.05) is 10.8 Å². The molecular weight excluding hydrogens is 255 g/mol. The topological polar surface area (TPSA) is 61.2 Å². The third-order valence-electron chi connectivity index (χ3n) is 3.08. The third-order valence-corrected chi connectivity index (χ3v) is 5.23. The lowest BCUT2D eigenvalue weighted by Gasteiger charge is -2.21. The Hall–Kier alpha value is -1.61. The van der Waals surface area contributed by atoms with Crippen LogP contribution in [0.25, 0.3) is 0 Å². The Morgan fingerprint density at radius 2 is 2.28 bits per heavy atom. The molecule has 96 valence electrons. The maximum absolute atomic E-state index is 13.2. The molecule has 0 amide bonds. The second-order valence-electron chi connectivity index (χ2n) is 4.17. The van der Waals surface area contributed by atoms with Gasteiger partial charge in [-0.3, -0.25) is 4.31 Å². The molecule has 0 bridgehead atoms. The van der Waals surface area contributed by atoms with Crippen molar-refractivity contribution in [2.24, 2.45) is 0 Å². The molecule has 0 radical (unpaired) electrons. The molecule has 1 aromatic rings. The normalized spacial score (nSPS) is 16.2. The zero-order valence-corrected chi connectivity index (χ0v) is 10.7. The summed E-state index contributed by atoms with van der Waals surface area (Å²) in [4.78, 5) is 0. The quantitative estimate of drug-likeness (QED) is 0.840. The largest absolute Gasteiger partial charge is 0.268 e. The maximum Gasteiger partial charge on any atom is 0.251 e. The van der Waals surface area contributed by atoms with Gasteiger partial charge in [-0.1, -0.05) is 13.0 Å². The van der Waals surface area contributed by atoms with E-state index >= 15 is 0 Å². The van der Waals surface area contributed by atoms with Crippen molar-refractivity contribution in [1.29, 1.82) is 5.26 Å². The average Bonchev–Trinajstić information content (AvgIpc) is 2.73. The second-order valence-corrected chi connectivity index (χ2v) is 6.21. The summed E-state index contributed by atoms with van der Waals surface area (Å²) >= 11 is 0. The van der Waals surface area contributed by atoms with Gasteiger partial charge in [0.05, 0.1) is 11.8 Å². The predicted octanol–water partition coefficient (Wildman–Crippen LogP) is 1.82. The summed E-state index contributed by atoms with van der Waals surface area (Å²) in [7, 11) is -3.73. The van der Waals surface area contributed by atoms with Crippen molar-refractivity contribution in [3.63, 3.8) is 0 Å². The molecule has 1 unspecified atom stereocenters. The Morgan fingerprint density at radius 3 is 2.89 bits per heavy atom. The fourth-order valence-electron chi connectivity index (χ4n) is 2.11. The number of anilines is 1. The molecule has 0 aliphatic carbocycles. The molecule has 2 rings (SSSR count). The van der Waals surface area contributed by atoms with Gasteiger partial charge in [-0.25, -0.2) is 12.8 Å². The number of sulfonamides is 1. The summed E-state index contributed by atoms with van der Waals surface area (Å²) in [6, 6.07) is 5.91. The zero-order chi connectivity index (χ0) is 13.3. The summed E-state index contributed by atoms with van der Waals surface area (Å²) < 4.78 is 38.9. The molecule has 1 atom stereocenters. The summed E-state index contributed by atoms with van der Waals surface area (Å²) in [5.74, 6) is -0.471. The Morgan fingerprint density at radius 1 is 1.56 bits per heavy atom. The highest BCUT2D eigenvalue weighted by atomic mass is 32.2. The van der Waals surface area contributed by atoms with Gasteiger partial charge in [0.15, 0.2) is 5.25 Å². The van der Waals surface area contributed by atoms with Crippen LogP contribution in [0, 0.1) is 17.1 Å². The lowest BCUT2D eigenvalue weighted by Crippen LogP contribution is -2.36. The van der Waals surface area contributed by atoms with Gasteiger partial charge in [-0.05, 0) is 30.5 Å². The summed E-state index contributed by atoms with van der Waals surface area (Å²) in [5.41, 5.74) is 1.16. The highest BCUT2D eigenvalue weighted by Crippen LogP contribution is 2.32. The molecule has 1 aliphatic heterocycles. The molecule has 4 nitrogen and oxygen atoms in total. The van der Waals surface area contributed by atoms with E-state index < -0.39 is 21.1 Å². The van der Waals surface area contributed by atoms with E-state index in [1.807, 2.05) is 0 Å². The minimum absolute atomic E-state index is 0.222. The zero-order valence-electron chi connectivity index (χ0n) is 9.93. The van der Waals surface area contributed by atoms with Gasteiger partial charge < -0.3 is 0 Å². The van der Waals surface area contributed by atoms with Crippen LogP contribution in [0.4, 0.5) is 10.1 Å². The first-order valence-corrected chi connectivity index (χ1v) is 7.20. The minimum Gasteiger partial charge on any atom is -0.268 e. The molecule has 1 heterocycles. The van der Waals surface area contributed by atoms with Crippen molar-refractivity contribution >= 4 is 15.7 Å². The van der Waals surface area contributed by atoms with Crippen molar-refractivity contribution in [1.82, 2.24) is 0 Å². The molecule has 1 aliphatic rings. The fourth-order valence-corrected chi connectivity index (χ4v) is 3.76. The standard InChI is InChI=1S/C12H13FN2O2S/c1-2-11(8-14)18(16,17)15-6-5-9-3-4-10(13)7-12(9)15/h3-4,7,11H,2,5-6H2,1H3. The van der Waals surface area contributed by atoms with Crippen LogP contribution in [0.5, 0.6) is 0 Å². The Balaban J connectivity index is 2.46. The van der Waals surface area contributed by atoms with Crippen LogP contribution in [0.15, 0.2) is 18.2 Å². The van der Waals surface area contributed by atoms with E-state index in [0.717, 1.165) is 9.87 Å². The molecule has 18 heavy (non-hydrogen) atoms. The molecule has 0 saturated carbocycles. The molecule has 0 aromatic heterocycles. The van der Waals surface area contributed by atoms with Crippen LogP contribution in [0.3, 0.4) is 0 Å². The van der Waals surface area contributed by atoms with E-state index in [0.29, 0.717) is 12.1 Å². The van der Waals surface area contributed by atoms with Gasteiger partial charge in [0, 0.05) is 6.54 Å². The van der Waals surface area contributed by atoms with E-state index in [1.54, 1.807) is 19.1 Å². The first-order chi connectivity index (χ1) is 8.50. The van der Waals surface area contributed by atoms with Gasteiger partial charge in [-0.2, -0.15) is 5.26 Å². The van der Waals surface area contributed by atoms with E-state index in [1.165, 1.54) is 12.1 Å². The van der Waals surface area contributed by atoms with Crippen LogP contribution < -0.4 is 4.31 Å². The highest BCUT2D eigenvalue weighted by molar-refractivity contribution is 7.93. The van der Waals surface area contributed by atoms with Crippen LogP contribution in [0.1, 0.15) is 18.9 Å². The highest BCUT2D eigenvalue weighted by Gasteiger charge is 2.35. The lowest BCUT2D eigenvalue weighted by molar-refractivity contribution is 0.583. The Labute approximate surface area is 106 Å². The van der Waals surface area contributed by atoms with Crippen molar-refractivity contribution in [3.05, 3.63) is 29.6 Å². The van der Waals surface area contributed by atoms with Crippen molar-refractivity contribution < 1.29 is 12.8 Å². The van der Waals surface area contributed by atoms with Crippen molar-refractivity contribution in [2.45, 2.75) is 25.0 Å². The molecular formula is C12H13FN2O2S. The number of hydrogen-bond donors (Lipinski definition) is 0. The minimum atomic E-state index is -3.73. The molecule has 0 saturated heterocycles. The van der Waals surface area contributed by atoms with E-state index in [-0.39, 0.29) is 13.0 Å². The van der Waals surface area contributed by atoms with Gasteiger partial charge >= 0.3 is 0 Å². The summed E-state index contributed by atoms with van der Waals surface area (Å²) in [6.07, 6.45) is 0.774. The molecule has 6 heteroatoms. The van der Waals surface area contributed by atoms with E-state index in [2.05, 4.69) is 0 Å². The fraction of sp³-hybridized carbons (Fsp3) is 0.417. The van der Waals surface area contributed by atoms with E-state index in [9.17, 15) is 12.8 Å². The summed E-state index contributed by atoms with van der Waals surface area (Å²) in [6.45, 7) is 1.92. The van der Waals surface area contributed by atoms with E-state index in [4.69, 9.17) is 5.26 Å². The number of rotatable bonds is 3.